The second kappa shape index (κ2) is 4.58. The molecule has 0 aliphatic carbocycles. The molecule has 1 saturated heterocycles. The summed E-state index contributed by atoms with van der Waals surface area (Å²) in [6.07, 6.45) is 2.58. The lowest BCUT2D eigenvalue weighted by molar-refractivity contribution is 0.440. The highest BCUT2D eigenvalue weighted by atomic mass is 15.3. The highest BCUT2D eigenvalue weighted by Crippen LogP contribution is 2.29. The number of nitrogens with one attached hydrogen (secondary N) is 1. The van der Waals surface area contributed by atoms with E-state index in [9.17, 15) is 0 Å². The van der Waals surface area contributed by atoms with E-state index >= 15 is 0 Å². The van der Waals surface area contributed by atoms with Crippen LogP contribution in [0.5, 0.6) is 0 Å². The third-order valence-corrected chi connectivity index (χ3v) is 3.61. The van der Waals surface area contributed by atoms with Crippen molar-refractivity contribution in [1.82, 2.24) is 15.1 Å². The van der Waals surface area contributed by atoms with Crippen molar-refractivity contribution in [3.8, 4) is 0 Å². The fraction of sp³-hybridized carbons (Fsp3) is 0.769. The van der Waals surface area contributed by atoms with Crippen molar-refractivity contribution < 1.29 is 0 Å². The Morgan fingerprint density at radius 3 is 2.69 bits per heavy atom. The minimum Gasteiger partial charge on any atom is -0.316 e. The second-order valence-corrected chi connectivity index (χ2v) is 5.22. The van der Waals surface area contributed by atoms with Gasteiger partial charge in [-0.2, -0.15) is 5.10 Å². The van der Waals surface area contributed by atoms with E-state index < -0.39 is 0 Å². The third kappa shape index (κ3) is 2.01. The van der Waals surface area contributed by atoms with Gasteiger partial charge in [-0.1, -0.05) is 13.8 Å². The predicted octanol–water partition coefficient (Wildman–Crippen LogP) is 2.32. The van der Waals surface area contributed by atoms with Crippen LogP contribution in [0, 0.1) is 6.92 Å². The van der Waals surface area contributed by atoms with Crippen LogP contribution in [0.3, 0.4) is 0 Å². The first-order valence-corrected chi connectivity index (χ1v) is 6.35. The Kier molecular flexibility index (Phi) is 3.33. The quantitative estimate of drug-likeness (QED) is 0.830. The SMILES string of the molecule is Cc1c(C(C)C)nn(C)c1C1CCCNC1. The van der Waals surface area contributed by atoms with Gasteiger partial charge in [0.25, 0.3) is 0 Å². The van der Waals surface area contributed by atoms with E-state index in [-0.39, 0.29) is 0 Å². The van der Waals surface area contributed by atoms with Crippen LogP contribution in [-0.2, 0) is 7.05 Å². The zero-order valence-corrected chi connectivity index (χ0v) is 10.9. The van der Waals surface area contributed by atoms with Gasteiger partial charge in [-0.15, -0.1) is 0 Å². The summed E-state index contributed by atoms with van der Waals surface area (Å²) in [5, 5.41) is 8.16. The molecule has 0 radical (unpaired) electrons. The van der Waals surface area contributed by atoms with Gasteiger partial charge in [0.1, 0.15) is 0 Å². The highest BCUT2D eigenvalue weighted by Gasteiger charge is 2.23. The Morgan fingerprint density at radius 2 is 2.19 bits per heavy atom. The number of aromatic nitrogens is 2. The fourth-order valence-electron chi connectivity index (χ4n) is 2.87. The molecule has 16 heavy (non-hydrogen) atoms. The lowest BCUT2D eigenvalue weighted by atomic mass is 9.92. The van der Waals surface area contributed by atoms with E-state index in [1.165, 1.54) is 36.3 Å². The zero-order valence-electron chi connectivity index (χ0n) is 10.9. The fourth-order valence-corrected chi connectivity index (χ4v) is 2.87. The molecule has 1 aliphatic heterocycles. The van der Waals surface area contributed by atoms with E-state index in [1.807, 2.05) is 0 Å². The topological polar surface area (TPSA) is 29.9 Å². The van der Waals surface area contributed by atoms with Crippen LogP contribution >= 0.6 is 0 Å². The van der Waals surface area contributed by atoms with Gasteiger partial charge in [-0.05, 0) is 37.8 Å². The molecular formula is C13H23N3. The van der Waals surface area contributed by atoms with Crippen LogP contribution in [0.2, 0.25) is 0 Å². The van der Waals surface area contributed by atoms with Crippen molar-refractivity contribution in [2.45, 2.75) is 45.4 Å². The van der Waals surface area contributed by atoms with Crippen LogP contribution < -0.4 is 5.32 Å². The molecule has 1 aliphatic rings. The van der Waals surface area contributed by atoms with Gasteiger partial charge in [-0.3, -0.25) is 4.68 Å². The van der Waals surface area contributed by atoms with Gasteiger partial charge < -0.3 is 5.32 Å². The molecule has 1 unspecified atom stereocenters. The van der Waals surface area contributed by atoms with Crippen LogP contribution in [0.4, 0.5) is 0 Å². The largest absolute Gasteiger partial charge is 0.316 e. The molecule has 1 atom stereocenters. The van der Waals surface area contributed by atoms with Gasteiger partial charge in [0.05, 0.1) is 5.69 Å². The number of piperidine rings is 1. The molecule has 1 fully saturated rings. The monoisotopic (exact) mass is 221 g/mol. The minimum atomic E-state index is 0.525. The van der Waals surface area contributed by atoms with Crippen molar-refractivity contribution in [1.29, 1.82) is 0 Å². The van der Waals surface area contributed by atoms with Crippen molar-refractivity contribution in [3.05, 3.63) is 17.0 Å². The summed E-state index contributed by atoms with van der Waals surface area (Å²) in [4.78, 5) is 0. The molecule has 3 nitrogen and oxygen atoms in total. The first kappa shape index (κ1) is 11.6. The average molecular weight is 221 g/mol. The summed E-state index contributed by atoms with van der Waals surface area (Å²) in [6, 6.07) is 0. The summed E-state index contributed by atoms with van der Waals surface area (Å²) in [5.74, 6) is 1.18. The van der Waals surface area contributed by atoms with Crippen LogP contribution in [0.15, 0.2) is 0 Å². The van der Waals surface area contributed by atoms with E-state index in [2.05, 4.69) is 42.9 Å². The number of hydrogen-bond acceptors (Lipinski definition) is 2. The molecule has 0 bridgehead atoms. The van der Waals surface area contributed by atoms with Crippen LogP contribution in [0.1, 0.15) is 55.5 Å². The molecule has 90 valence electrons. The van der Waals surface area contributed by atoms with Gasteiger partial charge in [0, 0.05) is 25.2 Å². The summed E-state index contributed by atoms with van der Waals surface area (Å²) in [6.45, 7) is 8.95. The standard InChI is InChI=1S/C13H23N3/c1-9(2)12-10(3)13(16(4)15-12)11-6-5-7-14-8-11/h9,11,14H,5-8H2,1-4H3. The number of nitrogens with zero attached hydrogens (tertiary/aromatic N) is 2. The van der Waals surface area contributed by atoms with Crippen LogP contribution in [-0.4, -0.2) is 22.9 Å². The van der Waals surface area contributed by atoms with Crippen molar-refractivity contribution in [2.24, 2.45) is 7.05 Å². The smallest absolute Gasteiger partial charge is 0.0681 e. The summed E-state index contributed by atoms with van der Waals surface area (Å²) in [7, 11) is 2.09. The molecule has 0 aromatic carbocycles. The summed E-state index contributed by atoms with van der Waals surface area (Å²) >= 11 is 0. The lowest BCUT2D eigenvalue weighted by Crippen LogP contribution is -2.29. The van der Waals surface area contributed by atoms with Gasteiger partial charge >= 0.3 is 0 Å². The summed E-state index contributed by atoms with van der Waals surface area (Å²) in [5.41, 5.74) is 4.12. The molecule has 1 N–H and O–H groups in total. The summed E-state index contributed by atoms with van der Waals surface area (Å²) < 4.78 is 2.10. The molecular weight excluding hydrogens is 198 g/mol. The highest BCUT2D eigenvalue weighted by molar-refractivity contribution is 5.30. The van der Waals surface area contributed by atoms with E-state index in [0.717, 1.165) is 6.54 Å². The first-order chi connectivity index (χ1) is 7.61. The van der Waals surface area contributed by atoms with Crippen molar-refractivity contribution >= 4 is 0 Å². The first-order valence-electron chi connectivity index (χ1n) is 6.35. The molecule has 2 heterocycles. The third-order valence-electron chi connectivity index (χ3n) is 3.61. The van der Waals surface area contributed by atoms with Crippen LogP contribution in [0.25, 0.3) is 0 Å². The van der Waals surface area contributed by atoms with E-state index in [4.69, 9.17) is 0 Å². The van der Waals surface area contributed by atoms with Gasteiger partial charge in [0.2, 0.25) is 0 Å². The van der Waals surface area contributed by atoms with Crippen molar-refractivity contribution in [3.63, 3.8) is 0 Å². The molecule has 3 heteroatoms. The molecule has 1 aromatic heterocycles. The van der Waals surface area contributed by atoms with Gasteiger partial charge in [-0.25, -0.2) is 0 Å². The zero-order chi connectivity index (χ0) is 11.7. The molecule has 0 spiro atoms. The Hall–Kier alpha value is -0.830. The Balaban J connectivity index is 2.32. The number of rotatable bonds is 2. The molecule has 0 amide bonds. The van der Waals surface area contributed by atoms with E-state index in [0.29, 0.717) is 11.8 Å². The average Bonchev–Trinajstić information content (AvgIpc) is 2.56. The second-order valence-electron chi connectivity index (χ2n) is 5.22. The Labute approximate surface area is 98.2 Å². The maximum absolute atomic E-state index is 4.67. The Bertz CT molecular complexity index is 359. The molecule has 0 saturated carbocycles. The predicted molar refractivity (Wildman–Crippen MR) is 66.9 cm³/mol. The maximum atomic E-state index is 4.67. The Morgan fingerprint density at radius 1 is 1.44 bits per heavy atom. The number of aryl methyl sites for hydroxylation is 1. The number of hydrogen-bond donors (Lipinski definition) is 1. The lowest BCUT2D eigenvalue weighted by Gasteiger charge is -2.23. The molecule has 2 rings (SSSR count). The normalized spacial score (nSPS) is 21.7. The van der Waals surface area contributed by atoms with Gasteiger partial charge in [0.15, 0.2) is 0 Å². The minimum absolute atomic E-state index is 0.525. The maximum Gasteiger partial charge on any atom is 0.0681 e. The van der Waals surface area contributed by atoms with Crippen molar-refractivity contribution in [2.75, 3.05) is 13.1 Å². The van der Waals surface area contributed by atoms with E-state index in [1.54, 1.807) is 0 Å². The molecule has 1 aromatic rings.